The molecule has 1 amide bonds. The lowest BCUT2D eigenvalue weighted by molar-refractivity contribution is 0.0946. The molecule has 2 aromatic rings. The van der Waals surface area contributed by atoms with Crippen LogP contribution in [0.15, 0.2) is 30.3 Å². The van der Waals surface area contributed by atoms with Gasteiger partial charge in [-0.05, 0) is 63.2 Å². The van der Waals surface area contributed by atoms with Gasteiger partial charge in [0.25, 0.3) is 5.91 Å². The lowest BCUT2D eigenvalue weighted by Crippen LogP contribution is -2.35. The molecule has 0 aliphatic carbocycles. The molecule has 0 saturated carbocycles. The number of piperidine rings is 1. The molecule has 1 saturated heterocycles. The highest BCUT2D eigenvalue weighted by atomic mass is 16.1. The SMILES string of the molecule is O=C(NCCCCN1CCC(Cc2ccccc2)CC1)c1n[nH]c2c1CNCC2. The predicted octanol–water partition coefficient (Wildman–Crippen LogP) is 2.52. The summed E-state index contributed by atoms with van der Waals surface area (Å²) >= 11 is 0. The summed E-state index contributed by atoms with van der Waals surface area (Å²) in [6.45, 7) is 5.94. The third-order valence-corrected chi connectivity index (χ3v) is 6.28. The molecular formula is C23H33N5O. The maximum Gasteiger partial charge on any atom is 0.272 e. The molecule has 3 heterocycles. The zero-order valence-corrected chi connectivity index (χ0v) is 17.3. The van der Waals surface area contributed by atoms with E-state index >= 15 is 0 Å². The fraction of sp³-hybridized carbons (Fsp3) is 0.565. The maximum absolute atomic E-state index is 12.4. The second kappa shape index (κ2) is 10.0. The Morgan fingerprint density at radius 1 is 1.17 bits per heavy atom. The van der Waals surface area contributed by atoms with Crippen molar-refractivity contribution in [2.24, 2.45) is 5.92 Å². The number of hydrogen-bond acceptors (Lipinski definition) is 4. The number of aromatic amines is 1. The van der Waals surface area contributed by atoms with E-state index in [2.05, 4.69) is 56.1 Å². The number of nitrogens with one attached hydrogen (secondary N) is 3. The van der Waals surface area contributed by atoms with Crippen molar-refractivity contribution in [1.82, 2.24) is 25.7 Å². The van der Waals surface area contributed by atoms with Crippen LogP contribution in [-0.4, -0.2) is 53.7 Å². The first-order valence-corrected chi connectivity index (χ1v) is 11.1. The van der Waals surface area contributed by atoms with Crippen molar-refractivity contribution in [3.05, 3.63) is 52.8 Å². The molecule has 1 fully saturated rings. The molecule has 1 aromatic heterocycles. The number of carbonyl (C=O) groups excluding carboxylic acids is 1. The van der Waals surface area contributed by atoms with E-state index in [0.29, 0.717) is 5.69 Å². The fourth-order valence-corrected chi connectivity index (χ4v) is 4.52. The summed E-state index contributed by atoms with van der Waals surface area (Å²) in [6.07, 6.45) is 6.86. The molecule has 2 aliphatic heterocycles. The number of hydrogen-bond donors (Lipinski definition) is 3. The number of amides is 1. The molecule has 0 spiro atoms. The summed E-state index contributed by atoms with van der Waals surface area (Å²) in [4.78, 5) is 15.0. The number of H-pyrrole nitrogens is 1. The molecule has 29 heavy (non-hydrogen) atoms. The topological polar surface area (TPSA) is 73.0 Å². The Labute approximate surface area is 173 Å². The molecule has 0 atom stereocenters. The zero-order valence-electron chi connectivity index (χ0n) is 17.3. The van der Waals surface area contributed by atoms with Crippen LogP contribution in [0.5, 0.6) is 0 Å². The van der Waals surface area contributed by atoms with Gasteiger partial charge in [-0.2, -0.15) is 5.10 Å². The van der Waals surface area contributed by atoms with Crippen LogP contribution < -0.4 is 10.6 Å². The van der Waals surface area contributed by atoms with Gasteiger partial charge >= 0.3 is 0 Å². The van der Waals surface area contributed by atoms with Crippen LogP contribution >= 0.6 is 0 Å². The van der Waals surface area contributed by atoms with Gasteiger partial charge in [0.15, 0.2) is 5.69 Å². The van der Waals surface area contributed by atoms with Gasteiger partial charge in [-0.3, -0.25) is 9.89 Å². The molecule has 2 aliphatic rings. The summed E-state index contributed by atoms with van der Waals surface area (Å²) in [6, 6.07) is 10.9. The molecular weight excluding hydrogens is 362 g/mol. The van der Waals surface area contributed by atoms with Gasteiger partial charge in [-0.15, -0.1) is 0 Å². The van der Waals surface area contributed by atoms with Crippen molar-refractivity contribution < 1.29 is 4.79 Å². The second-order valence-electron chi connectivity index (χ2n) is 8.39. The zero-order chi connectivity index (χ0) is 19.9. The van der Waals surface area contributed by atoms with Crippen molar-refractivity contribution in [1.29, 1.82) is 0 Å². The molecule has 0 radical (unpaired) electrons. The molecule has 6 nitrogen and oxygen atoms in total. The largest absolute Gasteiger partial charge is 0.351 e. The normalized spacial score (nSPS) is 17.8. The van der Waals surface area contributed by atoms with E-state index in [-0.39, 0.29) is 5.91 Å². The summed E-state index contributed by atoms with van der Waals surface area (Å²) in [5, 5.41) is 13.6. The number of nitrogens with zero attached hydrogens (tertiary/aromatic N) is 2. The van der Waals surface area contributed by atoms with E-state index in [1.54, 1.807) is 0 Å². The molecule has 156 valence electrons. The molecule has 3 N–H and O–H groups in total. The third kappa shape index (κ3) is 5.46. The van der Waals surface area contributed by atoms with Gasteiger partial charge in [-0.1, -0.05) is 30.3 Å². The highest BCUT2D eigenvalue weighted by molar-refractivity contribution is 5.94. The van der Waals surface area contributed by atoms with Crippen molar-refractivity contribution in [3.63, 3.8) is 0 Å². The number of fused-ring (bicyclic) bond motifs is 1. The van der Waals surface area contributed by atoms with Gasteiger partial charge < -0.3 is 15.5 Å². The van der Waals surface area contributed by atoms with Crippen LogP contribution in [0.3, 0.4) is 0 Å². The number of unbranched alkanes of at least 4 members (excludes halogenated alkanes) is 1. The Morgan fingerprint density at radius 2 is 2.00 bits per heavy atom. The first-order valence-electron chi connectivity index (χ1n) is 11.1. The Balaban J connectivity index is 1.10. The average molecular weight is 396 g/mol. The quantitative estimate of drug-likeness (QED) is 0.601. The fourth-order valence-electron chi connectivity index (χ4n) is 4.52. The summed E-state index contributed by atoms with van der Waals surface area (Å²) in [7, 11) is 0. The van der Waals surface area contributed by atoms with Gasteiger partial charge in [-0.25, -0.2) is 0 Å². The van der Waals surface area contributed by atoms with E-state index in [0.717, 1.165) is 62.6 Å². The van der Waals surface area contributed by atoms with Gasteiger partial charge in [0.2, 0.25) is 0 Å². The van der Waals surface area contributed by atoms with Gasteiger partial charge in [0, 0.05) is 37.3 Å². The molecule has 0 unspecified atom stereocenters. The Hall–Kier alpha value is -2.18. The monoisotopic (exact) mass is 395 g/mol. The third-order valence-electron chi connectivity index (χ3n) is 6.28. The summed E-state index contributed by atoms with van der Waals surface area (Å²) < 4.78 is 0. The minimum absolute atomic E-state index is 0.0482. The van der Waals surface area contributed by atoms with Crippen molar-refractivity contribution >= 4 is 5.91 Å². The van der Waals surface area contributed by atoms with E-state index < -0.39 is 0 Å². The summed E-state index contributed by atoms with van der Waals surface area (Å²) in [5.74, 6) is 0.773. The van der Waals surface area contributed by atoms with E-state index in [4.69, 9.17) is 0 Å². The van der Waals surface area contributed by atoms with Crippen LogP contribution in [0.25, 0.3) is 0 Å². The van der Waals surface area contributed by atoms with E-state index in [9.17, 15) is 4.79 Å². The van der Waals surface area contributed by atoms with Crippen molar-refractivity contribution in [2.75, 3.05) is 32.7 Å². The van der Waals surface area contributed by atoms with Gasteiger partial charge in [0.05, 0.1) is 0 Å². The first-order chi connectivity index (χ1) is 14.3. The maximum atomic E-state index is 12.4. The van der Waals surface area contributed by atoms with Crippen LogP contribution in [0.2, 0.25) is 0 Å². The lowest BCUT2D eigenvalue weighted by atomic mass is 9.90. The smallest absolute Gasteiger partial charge is 0.272 e. The lowest BCUT2D eigenvalue weighted by Gasteiger charge is -2.32. The molecule has 6 heteroatoms. The Kier molecular flexibility index (Phi) is 6.96. The predicted molar refractivity (Wildman–Crippen MR) is 115 cm³/mol. The van der Waals surface area contributed by atoms with E-state index in [1.807, 2.05) is 0 Å². The van der Waals surface area contributed by atoms with Crippen LogP contribution in [0.1, 0.15) is 53.0 Å². The minimum Gasteiger partial charge on any atom is -0.351 e. The number of rotatable bonds is 8. The number of carbonyl (C=O) groups is 1. The minimum atomic E-state index is -0.0482. The number of benzene rings is 1. The molecule has 0 bridgehead atoms. The Morgan fingerprint density at radius 3 is 2.83 bits per heavy atom. The highest BCUT2D eigenvalue weighted by Gasteiger charge is 2.21. The number of aromatic nitrogens is 2. The highest BCUT2D eigenvalue weighted by Crippen LogP contribution is 2.22. The van der Waals surface area contributed by atoms with Gasteiger partial charge in [0.1, 0.15) is 0 Å². The first kappa shape index (κ1) is 20.1. The van der Waals surface area contributed by atoms with Crippen LogP contribution in [0, 0.1) is 5.92 Å². The standard InChI is InChI=1S/C23H33N5O/c29-23(22-20-17-24-12-8-21(20)26-27-22)25-11-4-5-13-28-14-9-19(10-15-28)16-18-6-2-1-3-7-18/h1-3,6-7,19,24H,4-5,8-17H2,(H,25,29)(H,26,27). The van der Waals surface area contributed by atoms with Crippen molar-refractivity contribution in [3.8, 4) is 0 Å². The van der Waals surface area contributed by atoms with Crippen LogP contribution in [0.4, 0.5) is 0 Å². The average Bonchev–Trinajstić information content (AvgIpc) is 3.20. The molecule has 4 rings (SSSR count). The Bertz CT molecular complexity index is 780. The molecule has 1 aromatic carbocycles. The van der Waals surface area contributed by atoms with Crippen molar-refractivity contribution in [2.45, 2.75) is 45.1 Å². The van der Waals surface area contributed by atoms with Crippen LogP contribution in [-0.2, 0) is 19.4 Å². The second-order valence-corrected chi connectivity index (χ2v) is 8.39. The summed E-state index contributed by atoms with van der Waals surface area (Å²) in [5.41, 5.74) is 4.17. The number of likely N-dealkylation sites (tertiary alicyclic amines) is 1. The van der Waals surface area contributed by atoms with E-state index in [1.165, 1.54) is 37.9 Å².